The molecule has 2 aromatic rings. The molecule has 1 aromatic heterocycles. The van der Waals surface area contributed by atoms with Gasteiger partial charge in [0.1, 0.15) is 5.75 Å². The third kappa shape index (κ3) is 2.30. The number of pyridine rings is 1. The van der Waals surface area contributed by atoms with Crippen LogP contribution in [0, 0.1) is 0 Å². The summed E-state index contributed by atoms with van der Waals surface area (Å²) in [4.78, 5) is 18.1. The molecule has 0 atom stereocenters. The largest absolute Gasteiger partial charge is 0.482 e. The molecule has 0 fully saturated rings. The van der Waals surface area contributed by atoms with Crippen molar-refractivity contribution in [2.45, 2.75) is 6.54 Å². The Bertz CT molecular complexity index is 643. The molecule has 0 radical (unpaired) electrons. The summed E-state index contributed by atoms with van der Waals surface area (Å²) in [6.45, 7) is 0.511. The van der Waals surface area contributed by atoms with Crippen LogP contribution in [-0.4, -0.2) is 24.5 Å². The van der Waals surface area contributed by atoms with Gasteiger partial charge in [-0.3, -0.25) is 14.7 Å². The fourth-order valence-corrected chi connectivity index (χ4v) is 2.21. The van der Waals surface area contributed by atoms with Gasteiger partial charge in [0.15, 0.2) is 6.61 Å². The van der Waals surface area contributed by atoms with E-state index in [2.05, 4.69) is 10.3 Å². The van der Waals surface area contributed by atoms with Crippen molar-refractivity contribution in [2.75, 3.05) is 23.9 Å². The van der Waals surface area contributed by atoms with Crippen molar-refractivity contribution in [3.05, 3.63) is 48.3 Å². The second-order valence-electron chi connectivity index (χ2n) is 4.52. The highest BCUT2D eigenvalue weighted by Crippen LogP contribution is 2.32. The van der Waals surface area contributed by atoms with E-state index >= 15 is 0 Å². The first-order valence-electron chi connectivity index (χ1n) is 6.43. The molecular formula is C15H15N3O2. The van der Waals surface area contributed by atoms with Crippen LogP contribution in [0.2, 0.25) is 0 Å². The number of nitrogens with zero attached hydrogens (tertiary/aromatic N) is 2. The maximum Gasteiger partial charge on any atom is 0.265 e. The number of amides is 1. The van der Waals surface area contributed by atoms with Gasteiger partial charge >= 0.3 is 0 Å². The number of rotatable bonds is 3. The number of carbonyl (C=O) groups is 1. The number of ether oxygens (including phenoxy) is 1. The normalized spacial score (nSPS) is 13.7. The van der Waals surface area contributed by atoms with E-state index < -0.39 is 0 Å². The molecule has 1 aliphatic heterocycles. The number of hydrogen-bond acceptors (Lipinski definition) is 4. The summed E-state index contributed by atoms with van der Waals surface area (Å²) in [6.07, 6.45) is 1.73. The van der Waals surface area contributed by atoms with E-state index in [9.17, 15) is 4.79 Å². The molecule has 0 bridgehead atoms. The van der Waals surface area contributed by atoms with Gasteiger partial charge in [-0.05, 0) is 24.3 Å². The lowest BCUT2D eigenvalue weighted by Gasteiger charge is -2.29. The SMILES string of the molecule is CNc1ccnc(CN2C(=O)COc3ccccc32)c1. The Morgan fingerprint density at radius 2 is 2.20 bits per heavy atom. The minimum atomic E-state index is -0.0552. The van der Waals surface area contributed by atoms with Gasteiger partial charge in [0.05, 0.1) is 17.9 Å². The van der Waals surface area contributed by atoms with E-state index in [1.54, 1.807) is 11.1 Å². The van der Waals surface area contributed by atoms with Crippen molar-refractivity contribution < 1.29 is 9.53 Å². The van der Waals surface area contributed by atoms with Crippen molar-refractivity contribution >= 4 is 17.3 Å². The Morgan fingerprint density at radius 1 is 1.35 bits per heavy atom. The van der Waals surface area contributed by atoms with Gasteiger partial charge in [-0.15, -0.1) is 0 Å². The molecule has 20 heavy (non-hydrogen) atoms. The number of benzene rings is 1. The van der Waals surface area contributed by atoms with E-state index in [0.29, 0.717) is 6.54 Å². The zero-order valence-corrected chi connectivity index (χ0v) is 11.2. The minimum absolute atomic E-state index is 0.0552. The summed E-state index contributed by atoms with van der Waals surface area (Å²) in [5.74, 6) is 0.678. The predicted octanol–water partition coefficient (Wildman–Crippen LogP) is 2.05. The van der Waals surface area contributed by atoms with Crippen LogP contribution in [0.3, 0.4) is 0 Å². The molecule has 1 aliphatic rings. The van der Waals surface area contributed by atoms with Gasteiger partial charge < -0.3 is 10.1 Å². The molecule has 0 spiro atoms. The third-order valence-electron chi connectivity index (χ3n) is 3.23. The van der Waals surface area contributed by atoms with Crippen molar-refractivity contribution in [3.63, 3.8) is 0 Å². The Balaban J connectivity index is 1.91. The standard InChI is InChI=1S/C15H15N3O2/c1-16-11-6-7-17-12(8-11)9-18-13-4-2-3-5-14(13)20-10-15(18)19/h2-8H,9-10H2,1H3,(H,16,17). The maximum absolute atomic E-state index is 12.1. The molecule has 0 unspecified atom stereocenters. The summed E-state index contributed by atoms with van der Waals surface area (Å²) in [6, 6.07) is 11.4. The van der Waals surface area contributed by atoms with Crippen LogP contribution in [0.1, 0.15) is 5.69 Å². The zero-order valence-electron chi connectivity index (χ0n) is 11.2. The maximum atomic E-state index is 12.1. The number of nitrogens with one attached hydrogen (secondary N) is 1. The lowest BCUT2D eigenvalue weighted by Crippen LogP contribution is -2.38. The second-order valence-corrected chi connectivity index (χ2v) is 4.52. The summed E-state index contributed by atoms with van der Waals surface area (Å²) in [7, 11) is 1.86. The molecule has 1 aromatic carbocycles. The van der Waals surface area contributed by atoms with Crippen LogP contribution in [0.4, 0.5) is 11.4 Å². The quantitative estimate of drug-likeness (QED) is 0.926. The fourth-order valence-electron chi connectivity index (χ4n) is 2.21. The van der Waals surface area contributed by atoms with E-state index in [1.165, 1.54) is 0 Å². The van der Waals surface area contributed by atoms with E-state index in [0.717, 1.165) is 22.8 Å². The Kier molecular flexibility index (Phi) is 3.25. The number of carbonyl (C=O) groups excluding carboxylic acids is 1. The summed E-state index contributed by atoms with van der Waals surface area (Å²) >= 11 is 0. The second kappa shape index (κ2) is 5.21. The summed E-state index contributed by atoms with van der Waals surface area (Å²) < 4.78 is 5.42. The van der Waals surface area contributed by atoms with Gasteiger partial charge in [0.25, 0.3) is 5.91 Å². The first-order chi connectivity index (χ1) is 9.78. The Morgan fingerprint density at radius 3 is 3.05 bits per heavy atom. The number of fused-ring (bicyclic) bond motifs is 1. The van der Waals surface area contributed by atoms with Crippen LogP contribution >= 0.6 is 0 Å². The van der Waals surface area contributed by atoms with Crippen molar-refractivity contribution in [2.24, 2.45) is 0 Å². The predicted molar refractivity (Wildman–Crippen MR) is 76.9 cm³/mol. The molecule has 0 aliphatic carbocycles. The van der Waals surface area contributed by atoms with E-state index in [1.807, 2.05) is 43.4 Å². The fraction of sp³-hybridized carbons (Fsp3) is 0.200. The van der Waals surface area contributed by atoms with Gasteiger partial charge in [-0.2, -0.15) is 0 Å². The first kappa shape index (κ1) is 12.5. The average molecular weight is 269 g/mol. The molecule has 5 heteroatoms. The molecule has 3 rings (SSSR count). The summed E-state index contributed by atoms with van der Waals surface area (Å²) in [5.41, 5.74) is 2.60. The topological polar surface area (TPSA) is 54.5 Å². The lowest BCUT2D eigenvalue weighted by molar-refractivity contribution is -0.121. The van der Waals surface area contributed by atoms with Gasteiger partial charge in [0.2, 0.25) is 0 Å². The molecule has 0 saturated heterocycles. The highest BCUT2D eigenvalue weighted by atomic mass is 16.5. The Labute approximate surface area is 117 Å². The van der Waals surface area contributed by atoms with Crippen LogP contribution in [-0.2, 0) is 11.3 Å². The van der Waals surface area contributed by atoms with Crippen molar-refractivity contribution in [1.29, 1.82) is 0 Å². The summed E-state index contributed by atoms with van der Waals surface area (Å²) in [5, 5.41) is 3.07. The van der Waals surface area contributed by atoms with Gasteiger partial charge in [-0.25, -0.2) is 0 Å². The number of para-hydroxylation sites is 2. The first-order valence-corrected chi connectivity index (χ1v) is 6.43. The van der Waals surface area contributed by atoms with E-state index in [-0.39, 0.29) is 12.5 Å². The Hall–Kier alpha value is -2.56. The highest BCUT2D eigenvalue weighted by molar-refractivity contribution is 5.97. The zero-order chi connectivity index (χ0) is 13.9. The molecule has 1 N–H and O–H groups in total. The van der Waals surface area contributed by atoms with Gasteiger partial charge in [-0.1, -0.05) is 12.1 Å². The van der Waals surface area contributed by atoms with Crippen molar-refractivity contribution in [1.82, 2.24) is 4.98 Å². The van der Waals surface area contributed by atoms with Crippen molar-refractivity contribution in [3.8, 4) is 5.75 Å². The number of aromatic nitrogens is 1. The van der Waals surface area contributed by atoms with Gasteiger partial charge in [0, 0.05) is 18.9 Å². The third-order valence-corrected chi connectivity index (χ3v) is 3.23. The minimum Gasteiger partial charge on any atom is -0.482 e. The van der Waals surface area contributed by atoms with Crippen LogP contribution < -0.4 is 15.0 Å². The smallest absolute Gasteiger partial charge is 0.265 e. The lowest BCUT2D eigenvalue weighted by atomic mass is 10.2. The molecule has 0 saturated carbocycles. The molecule has 102 valence electrons. The molecule has 5 nitrogen and oxygen atoms in total. The highest BCUT2D eigenvalue weighted by Gasteiger charge is 2.25. The number of hydrogen-bond donors (Lipinski definition) is 1. The molecular weight excluding hydrogens is 254 g/mol. The van der Waals surface area contributed by atoms with E-state index in [4.69, 9.17) is 4.74 Å². The molecule has 2 heterocycles. The van der Waals surface area contributed by atoms with Crippen LogP contribution in [0.15, 0.2) is 42.6 Å². The van der Waals surface area contributed by atoms with Crippen LogP contribution in [0.5, 0.6) is 5.75 Å². The average Bonchev–Trinajstić information content (AvgIpc) is 2.50. The molecule has 1 amide bonds. The monoisotopic (exact) mass is 269 g/mol. The number of anilines is 2. The van der Waals surface area contributed by atoms with Crippen LogP contribution in [0.25, 0.3) is 0 Å².